The maximum atomic E-state index is 13.4. The van der Waals surface area contributed by atoms with Crippen LogP contribution >= 0.6 is 11.8 Å². The van der Waals surface area contributed by atoms with Gasteiger partial charge in [-0.3, -0.25) is 4.79 Å². The number of hydrogen-bond donors (Lipinski definition) is 2. The van der Waals surface area contributed by atoms with E-state index in [1.54, 1.807) is 0 Å². The van der Waals surface area contributed by atoms with Crippen molar-refractivity contribution in [3.8, 4) is 0 Å². The van der Waals surface area contributed by atoms with Gasteiger partial charge in [-0.1, -0.05) is 18.7 Å². The molecule has 18 heavy (non-hydrogen) atoms. The van der Waals surface area contributed by atoms with E-state index in [9.17, 15) is 9.18 Å². The van der Waals surface area contributed by atoms with E-state index in [0.717, 1.165) is 30.9 Å². The maximum Gasteiger partial charge on any atom is 0.230 e. The molecule has 0 aliphatic rings. The molecule has 7 heteroatoms. The maximum absolute atomic E-state index is 13.4. The van der Waals surface area contributed by atoms with E-state index in [-0.39, 0.29) is 16.7 Å². The van der Waals surface area contributed by atoms with E-state index in [1.165, 1.54) is 0 Å². The molecule has 1 amide bonds. The number of thioether (sulfide) groups is 1. The van der Waals surface area contributed by atoms with Crippen molar-refractivity contribution in [2.24, 2.45) is 0 Å². The Morgan fingerprint density at radius 1 is 1.50 bits per heavy atom. The second-order valence-electron chi connectivity index (χ2n) is 3.52. The Morgan fingerprint density at radius 2 is 2.28 bits per heavy atom. The summed E-state index contributed by atoms with van der Waals surface area (Å²) in [5.41, 5.74) is 0. The van der Waals surface area contributed by atoms with Gasteiger partial charge < -0.3 is 10.6 Å². The zero-order valence-electron chi connectivity index (χ0n) is 10.5. The van der Waals surface area contributed by atoms with Crippen molar-refractivity contribution < 1.29 is 9.18 Å². The lowest BCUT2D eigenvalue weighted by molar-refractivity contribution is -0.118. The number of carbonyl (C=O) groups excluding carboxylic acids is 1. The highest BCUT2D eigenvalue weighted by molar-refractivity contribution is 7.99. The van der Waals surface area contributed by atoms with Crippen LogP contribution in [0.3, 0.4) is 0 Å². The molecule has 1 rings (SSSR count). The Morgan fingerprint density at radius 3 is 2.94 bits per heavy atom. The monoisotopic (exact) mass is 272 g/mol. The molecule has 0 atom stereocenters. The quantitative estimate of drug-likeness (QED) is 0.584. The van der Waals surface area contributed by atoms with E-state index < -0.39 is 5.82 Å². The van der Waals surface area contributed by atoms with E-state index in [2.05, 4.69) is 20.6 Å². The number of hydrogen-bond acceptors (Lipinski definition) is 5. The molecule has 1 aromatic heterocycles. The fraction of sp³-hybridized carbons (Fsp3) is 0.545. The second kappa shape index (κ2) is 7.86. The molecule has 0 aromatic carbocycles. The molecule has 0 aliphatic heterocycles. The summed E-state index contributed by atoms with van der Waals surface area (Å²) < 4.78 is 13.4. The Labute approximate surface area is 110 Å². The van der Waals surface area contributed by atoms with Crippen LogP contribution in [0.1, 0.15) is 20.3 Å². The predicted molar refractivity (Wildman–Crippen MR) is 70.2 cm³/mol. The average Bonchev–Trinajstić information content (AvgIpc) is 2.36. The molecule has 0 saturated heterocycles. The van der Waals surface area contributed by atoms with Gasteiger partial charge in [0.2, 0.25) is 11.9 Å². The zero-order chi connectivity index (χ0) is 13.4. The average molecular weight is 272 g/mol. The molecule has 0 unspecified atom stereocenters. The van der Waals surface area contributed by atoms with Gasteiger partial charge in [-0.15, -0.1) is 0 Å². The zero-order valence-corrected chi connectivity index (χ0v) is 11.3. The largest absolute Gasteiger partial charge is 0.356 e. The summed E-state index contributed by atoms with van der Waals surface area (Å²) in [6, 6.07) is 0. The van der Waals surface area contributed by atoms with E-state index >= 15 is 0 Å². The Bertz CT molecular complexity index is 403. The van der Waals surface area contributed by atoms with Crippen LogP contribution in [0.5, 0.6) is 0 Å². The molecule has 0 aliphatic carbocycles. The highest BCUT2D eigenvalue weighted by Crippen LogP contribution is 2.19. The second-order valence-corrected chi connectivity index (χ2v) is 4.48. The lowest BCUT2D eigenvalue weighted by atomic mass is 10.5. The van der Waals surface area contributed by atoms with Crippen LogP contribution < -0.4 is 10.6 Å². The summed E-state index contributed by atoms with van der Waals surface area (Å²) in [6.07, 6.45) is 2.05. The van der Waals surface area contributed by atoms with Crippen molar-refractivity contribution in [2.45, 2.75) is 25.3 Å². The van der Waals surface area contributed by atoms with Crippen LogP contribution in [0.15, 0.2) is 11.2 Å². The topological polar surface area (TPSA) is 66.9 Å². The van der Waals surface area contributed by atoms with Crippen LogP contribution in [-0.4, -0.2) is 34.7 Å². The Balaban J connectivity index is 2.60. The first-order valence-electron chi connectivity index (χ1n) is 5.83. The number of halogens is 1. The van der Waals surface area contributed by atoms with Crippen molar-refractivity contribution >= 4 is 23.6 Å². The summed E-state index contributed by atoms with van der Waals surface area (Å²) in [5.74, 6) is -0.110. The fourth-order valence-corrected chi connectivity index (χ4v) is 1.87. The van der Waals surface area contributed by atoms with Crippen molar-refractivity contribution in [1.82, 2.24) is 15.3 Å². The number of anilines is 1. The van der Waals surface area contributed by atoms with Crippen molar-refractivity contribution in [3.63, 3.8) is 0 Å². The first kappa shape index (κ1) is 14.7. The minimum Gasteiger partial charge on any atom is -0.356 e. The third-order valence-electron chi connectivity index (χ3n) is 1.96. The molecule has 1 heterocycles. The lowest BCUT2D eigenvalue weighted by Crippen LogP contribution is -2.24. The molecular formula is C11H17FN4OS. The van der Waals surface area contributed by atoms with Gasteiger partial charge in [0.1, 0.15) is 5.03 Å². The number of aromatic nitrogens is 2. The Kier molecular flexibility index (Phi) is 6.42. The van der Waals surface area contributed by atoms with Gasteiger partial charge in [-0.2, -0.15) is 0 Å². The highest BCUT2D eigenvalue weighted by atomic mass is 32.2. The molecule has 0 fully saturated rings. The molecule has 0 saturated carbocycles. The standard InChI is InChI=1S/C11H17FN4OS/c1-3-5-14-11-15-6-8(12)10(16-11)18-7-9(17)13-4-2/h6H,3-5,7H2,1-2H3,(H,13,17)(H,14,15,16). The summed E-state index contributed by atoms with van der Waals surface area (Å²) in [7, 11) is 0. The molecule has 0 spiro atoms. The molecule has 5 nitrogen and oxygen atoms in total. The van der Waals surface area contributed by atoms with Crippen LogP contribution in [0.2, 0.25) is 0 Å². The summed E-state index contributed by atoms with van der Waals surface area (Å²) >= 11 is 1.06. The number of nitrogens with zero attached hydrogens (tertiary/aromatic N) is 2. The predicted octanol–water partition coefficient (Wildman–Crippen LogP) is 1.67. The number of amides is 1. The molecule has 100 valence electrons. The van der Waals surface area contributed by atoms with Gasteiger partial charge in [-0.05, 0) is 13.3 Å². The van der Waals surface area contributed by atoms with Crippen molar-refractivity contribution in [3.05, 3.63) is 12.0 Å². The first-order valence-corrected chi connectivity index (χ1v) is 6.81. The summed E-state index contributed by atoms with van der Waals surface area (Å²) in [6.45, 7) is 5.14. The van der Waals surface area contributed by atoms with Crippen LogP contribution in [0, 0.1) is 5.82 Å². The normalized spacial score (nSPS) is 10.2. The van der Waals surface area contributed by atoms with Gasteiger partial charge in [0.25, 0.3) is 0 Å². The highest BCUT2D eigenvalue weighted by Gasteiger charge is 2.09. The number of rotatable bonds is 7. The van der Waals surface area contributed by atoms with Crippen LogP contribution in [-0.2, 0) is 4.79 Å². The van der Waals surface area contributed by atoms with Crippen molar-refractivity contribution in [2.75, 3.05) is 24.2 Å². The van der Waals surface area contributed by atoms with Crippen LogP contribution in [0.25, 0.3) is 0 Å². The van der Waals surface area contributed by atoms with Gasteiger partial charge in [0.05, 0.1) is 11.9 Å². The van der Waals surface area contributed by atoms with Gasteiger partial charge in [-0.25, -0.2) is 14.4 Å². The summed E-state index contributed by atoms with van der Waals surface area (Å²) in [4.78, 5) is 19.1. The Hall–Kier alpha value is -1.37. The van der Waals surface area contributed by atoms with Gasteiger partial charge in [0, 0.05) is 13.1 Å². The smallest absolute Gasteiger partial charge is 0.230 e. The molecular weight excluding hydrogens is 255 g/mol. The molecule has 0 radical (unpaired) electrons. The minimum absolute atomic E-state index is 0.136. The molecule has 2 N–H and O–H groups in total. The minimum atomic E-state index is -0.508. The lowest BCUT2D eigenvalue weighted by Gasteiger charge is -2.06. The summed E-state index contributed by atoms with van der Waals surface area (Å²) in [5, 5.41) is 5.80. The first-order chi connectivity index (χ1) is 8.67. The number of nitrogens with one attached hydrogen (secondary N) is 2. The number of carbonyl (C=O) groups is 1. The SMILES string of the molecule is CCCNc1ncc(F)c(SCC(=O)NCC)n1. The van der Waals surface area contributed by atoms with E-state index in [4.69, 9.17) is 0 Å². The van der Waals surface area contributed by atoms with Crippen LogP contribution in [0.4, 0.5) is 10.3 Å². The van der Waals surface area contributed by atoms with Crippen molar-refractivity contribution in [1.29, 1.82) is 0 Å². The third kappa shape index (κ3) is 4.87. The molecule has 1 aromatic rings. The van der Waals surface area contributed by atoms with E-state index in [0.29, 0.717) is 12.5 Å². The van der Waals surface area contributed by atoms with Gasteiger partial charge >= 0.3 is 0 Å². The third-order valence-corrected chi connectivity index (χ3v) is 2.93. The van der Waals surface area contributed by atoms with Gasteiger partial charge in [0.15, 0.2) is 5.82 Å². The molecule has 0 bridgehead atoms. The van der Waals surface area contributed by atoms with E-state index in [1.807, 2.05) is 13.8 Å². The fourth-order valence-electron chi connectivity index (χ4n) is 1.16.